The van der Waals surface area contributed by atoms with Gasteiger partial charge in [-0.25, -0.2) is 8.78 Å². The largest absolute Gasteiger partial charge is 0.340 e. The summed E-state index contributed by atoms with van der Waals surface area (Å²) in [5, 5.41) is 0. The van der Waals surface area contributed by atoms with Gasteiger partial charge in [0.2, 0.25) is 5.91 Å². The molecule has 1 aromatic rings. The second-order valence-corrected chi connectivity index (χ2v) is 4.84. The van der Waals surface area contributed by atoms with Gasteiger partial charge in [-0.3, -0.25) is 4.79 Å². The first-order valence-electron chi connectivity index (χ1n) is 6.31. The summed E-state index contributed by atoms with van der Waals surface area (Å²) < 4.78 is 26.2. The lowest BCUT2D eigenvalue weighted by Gasteiger charge is -2.33. The Morgan fingerprint density at radius 3 is 2.83 bits per heavy atom. The normalized spacial score (nSPS) is 19.9. The molecule has 1 aliphatic rings. The van der Waals surface area contributed by atoms with Gasteiger partial charge in [0.05, 0.1) is 6.42 Å². The second-order valence-electron chi connectivity index (χ2n) is 4.84. The van der Waals surface area contributed by atoms with Crippen LogP contribution in [0.25, 0.3) is 0 Å². The summed E-state index contributed by atoms with van der Waals surface area (Å²) in [5.41, 5.74) is 0.263. The summed E-state index contributed by atoms with van der Waals surface area (Å²) in [7, 11) is 0. The van der Waals surface area contributed by atoms with Crippen LogP contribution < -0.4 is 0 Å². The van der Waals surface area contributed by atoms with E-state index in [0.29, 0.717) is 0 Å². The average Bonchev–Trinajstić information content (AvgIpc) is 2.33. The molecule has 1 unspecified atom stereocenters. The van der Waals surface area contributed by atoms with E-state index in [1.807, 2.05) is 6.92 Å². The number of hydrogen-bond acceptors (Lipinski definition) is 1. The molecule has 0 radical (unpaired) electrons. The van der Waals surface area contributed by atoms with E-state index >= 15 is 0 Å². The van der Waals surface area contributed by atoms with Gasteiger partial charge in [0.25, 0.3) is 0 Å². The van der Waals surface area contributed by atoms with Crippen LogP contribution in [0.3, 0.4) is 0 Å². The Hall–Kier alpha value is -1.45. The van der Waals surface area contributed by atoms with Crippen LogP contribution in [0, 0.1) is 11.6 Å². The molecule has 18 heavy (non-hydrogen) atoms. The smallest absolute Gasteiger partial charge is 0.227 e. The third-order valence-corrected chi connectivity index (χ3v) is 3.48. The summed E-state index contributed by atoms with van der Waals surface area (Å²) in [6.45, 7) is 2.75. The molecule has 1 saturated heterocycles. The maximum atomic E-state index is 13.5. The third-order valence-electron chi connectivity index (χ3n) is 3.48. The van der Waals surface area contributed by atoms with Crippen molar-refractivity contribution in [3.63, 3.8) is 0 Å². The van der Waals surface area contributed by atoms with Crippen LogP contribution in [0.5, 0.6) is 0 Å². The van der Waals surface area contributed by atoms with Crippen LogP contribution in [0.15, 0.2) is 18.2 Å². The molecule has 1 aromatic carbocycles. The highest BCUT2D eigenvalue weighted by Gasteiger charge is 2.23. The van der Waals surface area contributed by atoms with Gasteiger partial charge in [0.1, 0.15) is 11.6 Å². The number of amides is 1. The van der Waals surface area contributed by atoms with Crippen LogP contribution >= 0.6 is 0 Å². The summed E-state index contributed by atoms with van der Waals surface area (Å²) in [5.74, 6) is -1.34. The lowest BCUT2D eigenvalue weighted by molar-refractivity contribution is -0.133. The van der Waals surface area contributed by atoms with Gasteiger partial charge in [-0.15, -0.1) is 0 Å². The Bertz CT molecular complexity index is 447. The fourth-order valence-electron chi connectivity index (χ4n) is 2.40. The molecule has 4 heteroatoms. The fraction of sp³-hybridized carbons (Fsp3) is 0.500. The van der Waals surface area contributed by atoms with Gasteiger partial charge < -0.3 is 4.90 Å². The lowest BCUT2D eigenvalue weighted by atomic mass is 10.0. The highest BCUT2D eigenvalue weighted by atomic mass is 19.1. The first kappa shape index (κ1) is 13.0. The molecule has 1 amide bonds. The van der Waals surface area contributed by atoms with E-state index in [2.05, 4.69) is 0 Å². The minimum atomic E-state index is -0.645. The SMILES string of the molecule is CC1CCCCN1C(=O)Cc1ccc(F)cc1F. The van der Waals surface area contributed by atoms with Crippen molar-refractivity contribution in [3.8, 4) is 0 Å². The zero-order chi connectivity index (χ0) is 13.1. The summed E-state index contributed by atoms with van der Waals surface area (Å²) >= 11 is 0. The van der Waals surface area contributed by atoms with Crippen molar-refractivity contribution in [1.29, 1.82) is 0 Å². The molecule has 1 fully saturated rings. The van der Waals surface area contributed by atoms with Crippen molar-refractivity contribution in [2.45, 2.75) is 38.6 Å². The van der Waals surface area contributed by atoms with Crippen LogP contribution in [0.1, 0.15) is 31.7 Å². The molecule has 0 spiro atoms. The molecular formula is C14H17F2NO. The zero-order valence-corrected chi connectivity index (χ0v) is 10.5. The van der Waals surface area contributed by atoms with Crippen molar-refractivity contribution in [2.75, 3.05) is 6.54 Å². The van der Waals surface area contributed by atoms with E-state index in [9.17, 15) is 13.6 Å². The molecule has 0 aliphatic carbocycles. The second kappa shape index (κ2) is 5.46. The van der Waals surface area contributed by atoms with E-state index in [4.69, 9.17) is 0 Å². The topological polar surface area (TPSA) is 20.3 Å². The Morgan fingerprint density at radius 2 is 2.17 bits per heavy atom. The van der Waals surface area contributed by atoms with Gasteiger partial charge in [0.15, 0.2) is 0 Å². The molecule has 0 aromatic heterocycles. The van der Waals surface area contributed by atoms with E-state index in [-0.39, 0.29) is 23.9 Å². The minimum Gasteiger partial charge on any atom is -0.340 e. The number of benzene rings is 1. The Kier molecular flexibility index (Phi) is 3.94. The number of nitrogens with zero attached hydrogens (tertiary/aromatic N) is 1. The van der Waals surface area contributed by atoms with Crippen LogP contribution in [-0.4, -0.2) is 23.4 Å². The monoisotopic (exact) mass is 253 g/mol. The molecule has 0 saturated carbocycles. The summed E-state index contributed by atoms with van der Waals surface area (Å²) in [6, 6.07) is 3.57. The van der Waals surface area contributed by atoms with Crippen LogP contribution in [0.2, 0.25) is 0 Å². The predicted octanol–water partition coefficient (Wildman–Crippen LogP) is 2.91. The van der Waals surface area contributed by atoms with Crippen molar-refractivity contribution >= 4 is 5.91 Å². The Balaban J connectivity index is 2.06. The summed E-state index contributed by atoms with van der Waals surface area (Å²) in [4.78, 5) is 13.9. The molecule has 98 valence electrons. The maximum Gasteiger partial charge on any atom is 0.227 e. The minimum absolute atomic E-state index is 0.0104. The van der Waals surface area contributed by atoms with E-state index in [1.165, 1.54) is 12.1 Å². The van der Waals surface area contributed by atoms with Crippen LogP contribution in [-0.2, 0) is 11.2 Å². The van der Waals surface area contributed by atoms with Gasteiger partial charge in [-0.05, 0) is 37.8 Å². The average molecular weight is 253 g/mol. The molecule has 0 bridgehead atoms. The Morgan fingerprint density at radius 1 is 1.39 bits per heavy atom. The number of carbonyl (C=O) groups excluding carboxylic acids is 1. The van der Waals surface area contributed by atoms with E-state index < -0.39 is 11.6 Å². The highest BCUT2D eigenvalue weighted by Crippen LogP contribution is 2.18. The number of likely N-dealkylation sites (tertiary alicyclic amines) is 1. The first-order chi connectivity index (χ1) is 8.58. The zero-order valence-electron chi connectivity index (χ0n) is 10.5. The first-order valence-corrected chi connectivity index (χ1v) is 6.31. The van der Waals surface area contributed by atoms with Gasteiger partial charge in [0, 0.05) is 18.7 Å². The maximum absolute atomic E-state index is 13.5. The molecular weight excluding hydrogens is 236 g/mol. The third kappa shape index (κ3) is 2.86. The molecule has 1 heterocycles. The quantitative estimate of drug-likeness (QED) is 0.793. The van der Waals surface area contributed by atoms with E-state index in [1.54, 1.807) is 4.90 Å². The van der Waals surface area contributed by atoms with Crippen molar-refractivity contribution < 1.29 is 13.6 Å². The van der Waals surface area contributed by atoms with Gasteiger partial charge in [-0.2, -0.15) is 0 Å². The standard InChI is InChI=1S/C14H17F2NO/c1-10-4-2-3-7-17(10)14(18)8-11-5-6-12(15)9-13(11)16/h5-6,9-10H,2-4,7-8H2,1H3. The number of carbonyl (C=O) groups is 1. The number of hydrogen-bond donors (Lipinski definition) is 0. The lowest BCUT2D eigenvalue weighted by Crippen LogP contribution is -2.42. The number of rotatable bonds is 2. The molecule has 2 nitrogen and oxygen atoms in total. The predicted molar refractivity (Wildman–Crippen MR) is 65.1 cm³/mol. The fourth-order valence-corrected chi connectivity index (χ4v) is 2.40. The van der Waals surface area contributed by atoms with Gasteiger partial charge in [-0.1, -0.05) is 6.07 Å². The van der Waals surface area contributed by atoms with Crippen LogP contribution in [0.4, 0.5) is 8.78 Å². The Labute approximate surface area is 106 Å². The van der Waals surface area contributed by atoms with Crippen molar-refractivity contribution in [1.82, 2.24) is 4.90 Å². The summed E-state index contributed by atoms with van der Waals surface area (Å²) in [6.07, 6.45) is 3.14. The van der Waals surface area contributed by atoms with Crippen molar-refractivity contribution in [3.05, 3.63) is 35.4 Å². The molecule has 1 atom stereocenters. The molecule has 2 rings (SSSR count). The number of halogens is 2. The highest BCUT2D eigenvalue weighted by molar-refractivity contribution is 5.79. The van der Waals surface area contributed by atoms with E-state index in [0.717, 1.165) is 31.9 Å². The van der Waals surface area contributed by atoms with Crippen molar-refractivity contribution in [2.24, 2.45) is 0 Å². The molecule has 0 N–H and O–H groups in total. The van der Waals surface area contributed by atoms with Gasteiger partial charge >= 0.3 is 0 Å². The molecule has 1 aliphatic heterocycles. The number of piperidine rings is 1.